The first kappa shape index (κ1) is 9.85. The van der Waals surface area contributed by atoms with Gasteiger partial charge in [0.1, 0.15) is 0 Å². The molecule has 0 aromatic heterocycles. The van der Waals surface area contributed by atoms with Crippen molar-refractivity contribution in [3.8, 4) is 0 Å². The third-order valence-electron chi connectivity index (χ3n) is 0.994. The fourth-order valence-electron chi connectivity index (χ4n) is 0.361. The Morgan fingerprint density at radius 3 is 2.50 bits per heavy atom. The van der Waals surface area contributed by atoms with Crippen molar-refractivity contribution in [1.82, 2.24) is 5.32 Å². The molecule has 10 heavy (non-hydrogen) atoms. The molecule has 4 heteroatoms. The highest BCUT2D eigenvalue weighted by Crippen LogP contribution is 2.00. The number of alkyl halides is 2. The van der Waals surface area contributed by atoms with Crippen LogP contribution in [0, 0.1) is 0 Å². The normalized spacial score (nSPS) is 13.7. The maximum atomic E-state index is 11.7. The lowest BCUT2D eigenvalue weighted by atomic mass is 10.3. The van der Waals surface area contributed by atoms with Gasteiger partial charge < -0.3 is 5.32 Å². The van der Waals surface area contributed by atoms with Gasteiger partial charge in [0, 0.05) is 11.6 Å². The van der Waals surface area contributed by atoms with Crippen LogP contribution in [0.15, 0.2) is 11.6 Å². The van der Waals surface area contributed by atoms with Crippen LogP contribution in [0.3, 0.4) is 0 Å². The summed E-state index contributed by atoms with van der Waals surface area (Å²) in [5, 5.41) is 2.84. The summed E-state index contributed by atoms with van der Waals surface area (Å²) in [5.41, 5.74) is 0. The quantitative estimate of drug-likeness (QED) is 0.679. The first-order valence-electron chi connectivity index (χ1n) is 2.89. The molecule has 0 aliphatic rings. The van der Waals surface area contributed by atoms with Gasteiger partial charge in [0.15, 0.2) is 0 Å². The van der Waals surface area contributed by atoms with Gasteiger partial charge in [0.05, 0.1) is 6.04 Å². The zero-order chi connectivity index (χ0) is 8.15. The van der Waals surface area contributed by atoms with E-state index in [4.69, 9.17) is 11.6 Å². The lowest BCUT2D eigenvalue weighted by Crippen LogP contribution is -2.33. The lowest BCUT2D eigenvalue weighted by Gasteiger charge is -2.10. The molecule has 1 unspecified atom stereocenters. The summed E-state index contributed by atoms with van der Waals surface area (Å²) in [5.74, 6) is 0. The van der Waals surface area contributed by atoms with E-state index in [1.165, 1.54) is 6.92 Å². The summed E-state index contributed by atoms with van der Waals surface area (Å²) >= 11 is 5.32. The van der Waals surface area contributed by atoms with Crippen LogP contribution >= 0.6 is 11.6 Å². The topological polar surface area (TPSA) is 12.0 Å². The number of rotatable bonds is 4. The minimum absolute atomic E-state index is 0.229. The van der Waals surface area contributed by atoms with Gasteiger partial charge in [-0.2, -0.15) is 0 Å². The maximum Gasteiger partial charge on any atom is 0.253 e. The molecule has 0 saturated heterocycles. The van der Waals surface area contributed by atoms with Crippen molar-refractivity contribution in [2.45, 2.75) is 19.4 Å². The van der Waals surface area contributed by atoms with E-state index in [2.05, 4.69) is 11.9 Å². The fraction of sp³-hybridized carbons (Fsp3) is 0.667. The Labute approximate surface area is 64.1 Å². The first-order valence-corrected chi connectivity index (χ1v) is 3.26. The molecule has 1 nitrogen and oxygen atoms in total. The van der Waals surface area contributed by atoms with E-state index >= 15 is 0 Å². The molecule has 0 heterocycles. The molecule has 0 aliphatic carbocycles. The van der Waals surface area contributed by atoms with Crippen molar-refractivity contribution in [1.29, 1.82) is 0 Å². The van der Waals surface area contributed by atoms with E-state index in [-0.39, 0.29) is 6.54 Å². The second-order valence-electron chi connectivity index (χ2n) is 2.02. The molecule has 0 aliphatic heterocycles. The molecule has 0 radical (unpaired) electrons. The van der Waals surface area contributed by atoms with Crippen molar-refractivity contribution >= 4 is 11.6 Å². The van der Waals surface area contributed by atoms with Gasteiger partial charge in [-0.1, -0.05) is 18.2 Å². The smallest absolute Gasteiger partial charge is 0.253 e. The Balaban J connectivity index is 3.39. The summed E-state index contributed by atoms with van der Waals surface area (Å²) in [6, 6.07) is -0.824. The zero-order valence-electron chi connectivity index (χ0n) is 5.70. The Kier molecular flexibility index (Phi) is 4.56. The van der Waals surface area contributed by atoms with Gasteiger partial charge in [0.2, 0.25) is 0 Å². The average molecular weight is 170 g/mol. The largest absolute Gasteiger partial charge is 0.304 e. The van der Waals surface area contributed by atoms with Gasteiger partial charge in [-0.25, -0.2) is 8.78 Å². The Morgan fingerprint density at radius 1 is 1.70 bits per heavy atom. The fourth-order valence-corrected chi connectivity index (χ4v) is 0.438. The van der Waals surface area contributed by atoms with E-state index in [9.17, 15) is 8.78 Å². The van der Waals surface area contributed by atoms with Crippen LogP contribution in [0.5, 0.6) is 0 Å². The highest BCUT2D eigenvalue weighted by atomic mass is 35.5. The molecule has 0 rings (SSSR count). The maximum absolute atomic E-state index is 11.7. The van der Waals surface area contributed by atoms with Gasteiger partial charge in [-0.15, -0.1) is 0 Å². The molecule has 0 amide bonds. The molecule has 0 saturated carbocycles. The molecule has 1 N–H and O–H groups in total. The minimum Gasteiger partial charge on any atom is -0.304 e. The van der Waals surface area contributed by atoms with Gasteiger partial charge in [-0.05, 0) is 6.92 Å². The molecule has 0 aromatic rings. The molecule has 0 bridgehead atoms. The molecule has 0 spiro atoms. The highest BCUT2D eigenvalue weighted by Gasteiger charge is 2.12. The summed E-state index contributed by atoms with van der Waals surface area (Å²) in [6.45, 7) is 4.97. The summed E-state index contributed by atoms with van der Waals surface area (Å²) in [6.07, 6.45) is -2.35. The van der Waals surface area contributed by atoms with Crippen LogP contribution in [0.1, 0.15) is 6.92 Å². The summed E-state index contributed by atoms with van der Waals surface area (Å²) in [4.78, 5) is 0. The van der Waals surface area contributed by atoms with E-state index in [0.717, 1.165) is 0 Å². The average Bonchev–Trinajstić information content (AvgIpc) is 1.82. The van der Waals surface area contributed by atoms with E-state index < -0.39 is 12.5 Å². The molecule has 0 aromatic carbocycles. The second kappa shape index (κ2) is 4.63. The van der Waals surface area contributed by atoms with Crippen molar-refractivity contribution in [3.63, 3.8) is 0 Å². The van der Waals surface area contributed by atoms with Gasteiger partial charge >= 0.3 is 0 Å². The Hall–Kier alpha value is -0.150. The molecule has 60 valence electrons. The van der Waals surface area contributed by atoms with E-state index in [1.54, 1.807) is 0 Å². The second-order valence-corrected chi connectivity index (χ2v) is 2.56. The molecular formula is C6H10ClF2N. The van der Waals surface area contributed by atoms with Gasteiger partial charge in [0.25, 0.3) is 6.43 Å². The highest BCUT2D eigenvalue weighted by molar-refractivity contribution is 6.29. The Bertz CT molecular complexity index is 116. The van der Waals surface area contributed by atoms with Crippen molar-refractivity contribution in [2.75, 3.05) is 6.54 Å². The number of hydrogen-bond acceptors (Lipinski definition) is 1. The molecular weight excluding hydrogens is 160 g/mol. The van der Waals surface area contributed by atoms with E-state index in [0.29, 0.717) is 5.03 Å². The summed E-state index contributed by atoms with van der Waals surface area (Å²) < 4.78 is 23.5. The van der Waals surface area contributed by atoms with Crippen molar-refractivity contribution < 1.29 is 8.78 Å². The van der Waals surface area contributed by atoms with Crippen LogP contribution in [0.2, 0.25) is 0 Å². The SMILES string of the molecule is C=C(Cl)CNC(C)C(F)F. The zero-order valence-corrected chi connectivity index (χ0v) is 6.46. The number of nitrogens with one attached hydrogen (secondary N) is 1. The van der Waals surface area contributed by atoms with Crippen molar-refractivity contribution in [2.24, 2.45) is 0 Å². The van der Waals surface area contributed by atoms with Crippen LogP contribution in [0.4, 0.5) is 8.78 Å². The van der Waals surface area contributed by atoms with Crippen molar-refractivity contribution in [3.05, 3.63) is 11.6 Å². The lowest BCUT2D eigenvalue weighted by molar-refractivity contribution is 0.108. The predicted molar refractivity (Wildman–Crippen MR) is 38.5 cm³/mol. The van der Waals surface area contributed by atoms with E-state index in [1.807, 2.05) is 0 Å². The molecule has 1 atom stereocenters. The van der Waals surface area contributed by atoms with Gasteiger partial charge in [-0.3, -0.25) is 0 Å². The van der Waals surface area contributed by atoms with Crippen LogP contribution in [-0.4, -0.2) is 19.0 Å². The third kappa shape index (κ3) is 4.70. The summed E-state index contributed by atoms with van der Waals surface area (Å²) in [7, 11) is 0. The third-order valence-corrected chi connectivity index (χ3v) is 1.13. The number of halogens is 3. The molecule has 0 fully saturated rings. The van der Waals surface area contributed by atoms with Crippen LogP contribution in [0.25, 0.3) is 0 Å². The Morgan fingerprint density at radius 2 is 2.20 bits per heavy atom. The van der Waals surface area contributed by atoms with Crippen LogP contribution < -0.4 is 5.32 Å². The first-order chi connectivity index (χ1) is 4.54. The van der Waals surface area contributed by atoms with Crippen LogP contribution in [-0.2, 0) is 0 Å². The monoisotopic (exact) mass is 169 g/mol. The predicted octanol–water partition coefficient (Wildman–Crippen LogP) is 1.98. The minimum atomic E-state index is -2.35. The number of hydrogen-bond donors (Lipinski definition) is 1. The standard InChI is InChI=1S/C6H10ClF2N/c1-4(7)3-10-5(2)6(8)9/h5-6,10H,1,3H2,2H3.